The molecule has 0 aromatic rings. The molecule has 0 saturated carbocycles. The van der Waals surface area contributed by atoms with E-state index in [1.165, 1.54) is 0 Å². The van der Waals surface area contributed by atoms with Gasteiger partial charge in [-0.3, -0.25) is 0 Å². The summed E-state index contributed by atoms with van der Waals surface area (Å²) >= 11 is 0. The predicted molar refractivity (Wildman–Crippen MR) is 42.1 cm³/mol. The van der Waals surface area contributed by atoms with E-state index in [1.54, 1.807) is 27.7 Å². The van der Waals surface area contributed by atoms with E-state index in [-0.39, 0.29) is 12.0 Å². The first-order chi connectivity index (χ1) is 4.95. The molecule has 0 aromatic carbocycles. The normalized spacial score (nSPS) is 13.7. The van der Waals surface area contributed by atoms with Crippen molar-refractivity contribution in [2.24, 2.45) is 5.92 Å². The molecule has 0 aromatic heterocycles. The number of carbonyl (C=O) groups is 1. The number of esters is 1. The van der Waals surface area contributed by atoms with E-state index in [2.05, 4.69) is 0 Å². The van der Waals surface area contributed by atoms with Gasteiger partial charge in [0.15, 0.2) is 6.10 Å². The Morgan fingerprint density at radius 2 is 1.73 bits per heavy atom. The Morgan fingerprint density at radius 1 is 1.27 bits per heavy atom. The van der Waals surface area contributed by atoms with Crippen molar-refractivity contribution in [3.05, 3.63) is 0 Å². The maximum absolute atomic E-state index is 10.9. The molecule has 0 aliphatic heterocycles. The summed E-state index contributed by atoms with van der Waals surface area (Å²) in [7, 11) is 0. The quantitative estimate of drug-likeness (QED) is 0.625. The van der Waals surface area contributed by atoms with Gasteiger partial charge in [0.2, 0.25) is 0 Å². The van der Waals surface area contributed by atoms with Crippen LogP contribution in [0.25, 0.3) is 0 Å². The van der Waals surface area contributed by atoms with Crippen LogP contribution in [0.15, 0.2) is 0 Å². The Bertz CT molecular complexity index is 129. The van der Waals surface area contributed by atoms with Crippen LogP contribution in [0.1, 0.15) is 27.7 Å². The van der Waals surface area contributed by atoms with Crippen LogP contribution in [0.2, 0.25) is 0 Å². The molecule has 0 heterocycles. The monoisotopic (exact) mass is 160 g/mol. The van der Waals surface area contributed by atoms with Gasteiger partial charge in [-0.2, -0.15) is 0 Å². The van der Waals surface area contributed by atoms with Gasteiger partial charge in [0.1, 0.15) is 0 Å². The van der Waals surface area contributed by atoms with Gasteiger partial charge in [0.25, 0.3) is 0 Å². The van der Waals surface area contributed by atoms with Gasteiger partial charge in [-0.25, -0.2) is 4.79 Å². The largest absolute Gasteiger partial charge is 0.461 e. The van der Waals surface area contributed by atoms with Gasteiger partial charge < -0.3 is 9.84 Å². The Morgan fingerprint density at radius 3 is 2.00 bits per heavy atom. The fourth-order valence-corrected chi connectivity index (χ4v) is 0.574. The van der Waals surface area contributed by atoms with Crippen molar-refractivity contribution >= 4 is 5.97 Å². The summed E-state index contributed by atoms with van der Waals surface area (Å²) in [6.45, 7) is 7.05. The Labute approximate surface area is 67.4 Å². The highest BCUT2D eigenvalue weighted by Crippen LogP contribution is 2.04. The third-order valence-corrected chi connectivity index (χ3v) is 1.22. The summed E-state index contributed by atoms with van der Waals surface area (Å²) in [5.74, 6) is -0.615. The van der Waals surface area contributed by atoms with Crippen molar-refractivity contribution in [1.29, 1.82) is 0 Å². The molecule has 0 bridgehead atoms. The number of rotatable bonds is 3. The Hall–Kier alpha value is -0.570. The first kappa shape index (κ1) is 10.4. The predicted octanol–water partition coefficient (Wildman–Crippen LogP) is 0.955. The molecule has 3 heteroatoms. The summed E-state index contributed by atoms with van der Waals surface area (Å²) < 4.78 is 4.78. The fraction of sp³-hybridized carbons (Fsp3) is 0.875. The first-order valence-electron chi connectivity index (χ1n) is 3.83. The summed E-state index contributed by atoms with van der Waals surface area (Å²) in [5, 5.41) is 9.17. The highest BCUT2D eigenvalue weighted by molar-refractivity contribution is 5.74. The van der Waals surface area contributed by atoms with E-state index in [9.17, 15) is 4.79 Å². The second-order valence-corrected chi connectivity index (χ2v) is 3.17. The summed E-state index contributed by atoms with van der Waals surface area (Å²) in [6, 6.07) is 0. The van der Waals surface area contributed by atoms with Crippen molar-refractivity contribution in [2.75, 3.05) is 0 Å². The average Bonchev–Trinajstić information content (AvgIpc) is 1.84. The molecule has 0 radical (unpaired) electrons. The minimum atomic E-state index is -0.989. The lowest BCUT2D eigenvalue weighted by atomic mass is 10.1. The number of carbonyl (C=O) groups excluding carboxylic acids is 1. The fourth-order valence-electron chi connectivity index (χ4n) is 0.574. The van der Waals surface area contributed by atoms with Crippen molar-refractivity contribution in [1.82, 2.24) is 0 Å². The molecular weight excluding hydrogens is 144 g/mol. The lowest BCUT2D eigenvalue weighted by Gasteiger charge is -2.15. The molecule has 0 aliphatic carbocycles. The minimum Gasteiger partial charge on any atom is -0.461 e. The van der Waals surface area contributed by atoms with Crippen LogP contribution in [0, 0.1) is 5.92 Å². The zero-order valence-electron chi connectivity index (χ0n) is 7.50. The van der Waals surface area contributed by atoms with E-state index < -0.39 is 12.1 Å². The zero-order valence-corrected chi connectivity index (χ0v) is 7.50. The zero-order chi connectivity index (χ0) is 9.02. The lowest BCUT2D eigenvalue weighted by molar-refractivity contribution is -0.159. The number of ether oxygens (including phenoxy) is 1. The molecule has 0 spiro atoms. The van der Waals surface area contributed by atoms with Crippen LogP contribution >= 0.6 is 0 Å². The van der Waals surface area contributed by atoms with Crippen molar-refractivity contribution in [3.63, 3.8) is 0 Å². The van der Waals surface area contributed by atoms with Crippen LogP contribution in [0.3, 0.4) is 0 Å². The third-order valence-electron chi connectivity index (χ3n) is 1.22. The van der Waals surface area contributed by atoms with E-state index in [0.717, 1.165) is 0 Å². The molecule has 0 aliphatic rings. The average molecular weight is 160 g/mol. The molecule has 3 nitrogen and oxygen atoms in total. The summed E-state index contributed by atoms with van der Waals surface area (Å²) in [5.41, 5.74) is 0. The van der Waals surface area contributed by atoms with Crippen molar-refractivity contribution in [2.45, 2.75) is 39.9 Å². The van der Waals surface area contributed by atoms with Gasteiger partial charge in [0.05, 0.1) is 6.10 Å². The lowest BCUT2D eigenvalue weighted by Crippen LogP contribution is -2.30. The molecule has 0 fully saturated rings. The van der Waals surface area contributed by atoms with Crippen LogP contribution in [0.4, 0.5) is 0 Å². The second kappa shape index (κ2) is 4.34. The van der Waals surface area contributed by atoms with Crippen LogP contribution < -0.4 is 0 Å². The minimum absolute atomic E-state index is 0.0822. The van der Waals surface area contributed by atoms with Crippen LogP contribution in [-0.4, -0.2) is 23.3 Å². The van der Waals surface area contributed by atoms with E-state index in [0.29, 0.717) is 0 Å². The first-order valence-corrected chi connectivity index (χ1v) is 3.83. The molecule has 0 unspecified atom stereocenters. The second-order valence-electron chi connectivity index (χ2n) is 3.17. The van der Waals surface area contributed by atoms with Crippen molar-refractivity contribution < 1.29 is 14.6 Å². The number of hydrogen-bond donors (Lipinski definition) is 1. The maximum atomic E-state index is 10.9. The molecule has 11 heavy (non-hydrogen) atoms. The number of aliphatic hydroxyl groups is 1. The highest BCUT2D eigenvalue weighted by Gasteiger charge is 2.20. The van der Waals surface area contributed by atoms with E-state index in [4.69, 9.17) is 9.84 Å². The topological polar surface area (TPSA) is 46.5 Å². The number of hydrogen-bond acceptors (Lipinski definition) is 3. The van der Waals surface area contributed by atoms with Gasteiger partial charge in [0, 0.05) is 0 Å². The number of aliphatic hydroxyl groups excluding tert-OH is 1. The molecule has 66 valence electrons. The van der Waals surface area contributed by atoms with Gasteiger partial charge in [-0.1, -0.05) is 13.8 Å². The maximum Gasteiger partial charge on any atom is 0.335 e. The third kappa shape index (κ3) is 3.98. The molecule has 0 saturated heterocycles. The van der Waals surface area contributed by atoms with Crippen LogP contribution in [-0.2, 0) is 9.53 Å². The Kier molecular flexibility index (Phi) is 4.11. The smallest absolute Gasteiger partial charge is 0.335 e. The van der Waals surface area contributed by atoms with E-state index >= 15 is 0 Å². The van der Waals surface area contributed by atoms with E-state index in [1.807, 2.05) is 0 Å². The molecule has 0 amide bonds. The van der Waals surface area contributed by atoms with Gasteiger partial charge in [-0.15, -0.1) is 0 Å². The highest BCUT2D eigenvalue weighted by atomic mass is 16.6. The SMILES string of the molecule is CC(C)OC(=O)[C@@H](O)C(C)C. The summed E-state index contributed by atoms with van der Waals surface area (Å²) in [6.07, 6.45) is -1.15. The standard InChI is InChI=1S/C8H16O3/c1-5(2)7(9)8(10)11-6(3)4/h5-7,9H,1-4H3/t7-/m0/s1. The van der Waals surface area contributed by atoms with Crippen LogP contribution in [0.5, 0.6) is 0 Å². The summed E-state index contributed by atoms with van der Waals surface area (Å²) in [4.78, 5) is 10.9. The Balaban J connectivity index is 3.83. The van der Waals surface area contributed by atoms with Gasteiger partial charge >= 0.3 is 5.97 Å². The molecule has 1 atom stereocenters. The van der Waals surface area contributed by atoms with Crippen molar-refractivity contribution in [3.8, 4) is 0 Å². The van der Waals surface area contributed by atoms with Gasteiger partial charge in [-0.05, 0) is 19.8 Å². The molecular formula is C8H16O3. The molecule has 0 rings (SSSR count). The molecule has 1 N–H and O–H groups in total.